The first-order valence-corrected chi connectivity index (χ1v) is 4.72. The lowest BCUT2D eigenvalue weighted by atomic mass is 10.4. The topological polar surface area (TPSA) is 123 Å². The monoisotopic (exact) mass is 249 g/mol. The molecule has 0 saturated carbocycles. The van der Waals surface area contributed by atoms with E-state index in [9.17, 15) is 14.9 Å². The maximum atomic E-state index is 10.5. The van der Waals surface area contributed by atoms with Gasteiger partial charge in [-0.2, -0.15) is 5.10 Å². The van der Waals surface area contributed by atoms with E-state index in [1.54, 1.807) is 6.07 Å². The summed E-state index contributed by atoms with van der Waals surface area (Å²) in [6, 6.07) is 2.95. The Balaban J connectivity index is 2.32. The molecule has 2 aromatic rings. The third kappa shape index (κ3) is 2.40. The summed E-state index contributed by atoms with van der Waals surface area (Å²) in [5.74, 6) is 0.109. The van der Waals surface area contributed by atoms with Crippen molar-refractivity contribution < 1.29 is 14.8 Å². The van der Waals surface area contributed by atoms with Crippen LogP contribution in [-0.2, 0) is 0 Å². The average Bonchev–Trinajstić information content (AvgIpc) is 2.77. The van der Waals surface area contributed by atoms with Crippen molar-refractivity contribution in [3.63, 3.8) is 0 Å². The van der Waals surface area contributed by atoms with E-state index < -0.39 is 11.0 Å². The molecule has 2 aromatic heterocycles. The highest BCUT2D eigenvalue weighted by Crippen LogP contribution is 2.15. The number of nitrogens with zero attached hydrogens (tertiary/aromatic N) is 4. The summed E-state index contributed by atoms with van der Waals surface area (Å²) < 4.78 is 1.26. The largest absolute Gasteiger partial charge is 0.465 e. The second-order valence-electron chi connectivity index (χ2n) is 3.23. The van der Waals surface area contributed by atoms with Gasteiger partial charge in [-0.15, -0.1) is 0 Å². The van der Waals surface area contributed by atoms with Crippen LogP contribution in [-0.4, -0.2) is 30.9 Å². The summed E-state index contributed by atoms with van der Waals surface area (Å²) in [6.45, 7) is 0. The maximum absolute atomic E-state index is 10.5. The Hall–Kier alpha value is -2.97. The molecule has 1 amide bonds. The smallest absolute Gasteiger partial charge is 0.410 e. The van der Waals surface area contributed by atoms with Gasteiger partial charge in [-0.1, -0.05) is 0 Å². The predicted molar refractivity (Wildman–Crippen MR) is 59.7 cm³/mol. The van der Waals surface area contributed by atoms with Gasteiger partial charge in [0.2, 0.25) is 0 Å². The summed E-state index contributed by atoms with van der Waals surface area (Å²) in [4.78, 5) is 24.2. The average molecular weight is 249 g/mol. The Morgan fingerprint density at radius 3 is 2.94 bits per heavy atom. The van der Waals surface area contributed by atoms with E-state index in [2.05, 4.69) is 15.4 Å². The molecule has 18 heavy (non-hydrogen) atoms. The van der Waals surface area contributed by atoms with Crippen molar-refractivity contribution in [1.82, 2.24) is 14.8 Å². The number of hydrogen-bond donors (Lipinski definition) is 2. The van der Waals surface area contributed by atoms with Crippen LogP contribution in [0.1, 0.15) is 0 Å². The number of anilines is 1. The van der Waals surface area contributed by atoms with Crippen molar-refractivity contribution in [3.8, 4) is 5.69 Å². The second kappa shape index (κ2) is 4.49. The Kier molecular flexibility index (Phi) is 2.87. The van der Waals surface area contributed by atoms with Crippen LogP contribution in [0.3, 0.4) is 0 Å². The molecule has 0 aliphatic heterocycles. The Morgan fingerprint density at radius 1 is 1.56 bits per heavy atom. The van der Waals surface area contributed by atoms with Gasteiger partial charge in [-0.05, 0) is 6.07 Å². The number of pyridine rings is 1. The molecular weight excluding hydrogens is 242 g/mol. The van der Waals surface area contributed by atoms with Crippen LogP contribution < -0.4 is 5.32 Å². The molecule has 2 heterocycles. The van der Waals surface area contributed by atoms with Gasteiger partial charge in [0.25, 0.3) is 0 Å². The molecule has 2 rings (SSSR count). The van der Waals surface area contributed by atoms with E-state index in [0.717, 1.165) is 6.20 Å². The molecule has 0 aliphatic rings. The van der Waals surface area contributed by atoms with Crippen LogP contribution in [0.5, 0.6) is 0 Å². The first kappa shape index (κ1) is 11.5. The molecule has 92 valence electrons. The molecule has 0 fully saturated rings. The van der Waals surface area contributed by atoms with Crippen molar-refractivity contribution in [1.29, 1.82) is 0 Å². The van der Waals surface area contributed by atoms with Crippen molar-refractivity contribution in [2.45, 2.75) is 0 Å². The van der Waals surface area contributed by atoms with Crippen LogP contribution in [0, 0.1) is 10.1 Å². The van der Waals surface area contributed by atoms with Crippen LogP contribution >= 0.6 is 0 Å². The van der Waals surface area contributed by atoms with Crippen molar-refractivity contribution >= 4 is 17.6 Å². The van der Waals surface area contributed by atoms with Crippen molar-refractivity contribution in [3.05, 3.63) is 40.8 Å². The SMILES string of the molecule is O=C(O)Nc1cc(-n2cc([N+](=O)[O-])cn2)ccn1. The first-order valence-electron chi connectivity index (χ1n) is 4.72. The minimum absolute atomic E-state index is 0.109. The summed E-state index contributed by atoms with van der Waals surface area (Å²) in [7, 11) is 0. The third-order valence-corrected chi connectivity index (χ3v) is 2.02. The first-order chi connectivity index (χ1) is 8.56. The molecule has 0 spiro atoms. The van der Waals surface area contributed by atoms with E-state index in [0.29, 0.717) is 5.69 Å². The lowest BCUT2D eigenvalue weighted by Crippen LogP contribution is -2.09. The Morgan fingerprint density at radius 2 is 2.33 bits per heavy atom. The second-order valence-corrected chi connectivity index (χ2v) is 3.23. The van der Waals surface area contributed by atoms with Gasteiger partial charge in [-0.25, -0.2) is 14.5 Å². The van der Waals surface area contributed by atoms with E-state index in [1.807, 2.05) is 0 Å². The number of aromatic nitrogens is 3. The number of amides is 1. The molecule has 0 atom stereocenters. The summed E-state index contributed by atoms with van der Waals surface area (Å²) in [5.41, 5.74) is 0.307. The zero-order valence-corrected chi connectivity index (χ0v) is 8.85. The number of carbonyl (C=O) groups is 1. The fraction of sp³-hybridized carbons (Fsp3) is 0. The van der Waals surface area contributed by atoms with Crippen molar-refractivity contribution in [2.24, 2.45) is 0 Å². The molecule has 0 bridgehead atoms. The van der Waals surface area contributed by atoms with Gasteiger partial charge >= 0.3 is 11.8 Å². The van der Waals surface area contributed by atoms with E-state index >= 15 is 0 Å². The van der Waals surface area contributed by atoms with Crippen LogP contribution in [0.4, 0.5) is 16.3 Å². The fourth-order valence-corrected chi connectivity index (χ4v) is 1.29. The van der Waals surface area contributed by atoms with Gasteiger partial charge in [0.1, 0.15) is 18.2 Å². The number of nitro groups is 1. The fourth-order valence-electron chi connectivity index (χ4n) is 1.29. The number of hydrogen-bond acceptors (Lipinski definition) is 5. The minimum atomic E-state index is -1.24. The zero-order valence-electron chi connectivity index (χ0n) is 8.85. The normalized spacial score (nSPS) is 10.0. The number of carboxylic acid groups (broad SMARTS) is 1. The minimum Gasteiger partial charge on any atom is -0.465 e. The molecule has 0 unspecified atom stereocenters. The molecule has 9 nitrogen and oxygen atoms in total. The van der Waals surface area contributed by atoms with E-state index in [1.165, 1.54) is 23.1 Å². The lowest BCUT2D eigenvalue weighted by molar-refractivity contribution is -0.384. The molecule has 9 heteroatoms. The van der Waals surface area contributed by atoms with Gasteiger partial charge in [0.15, 0.2) is 0 Å². The van der Waals surface area contributed by atoms with E-state index in [-0.39, 0.29) is 11.5 Å². The standard InChI is InChI=1S/C9H7N5O4/c15-9(16)12-8-3-6(1-2-10-8)13-5-7(4-11-13)14(17)18/h1-5H,(H,10,12)(H,15,16). The molecular formula is C9H7N5O4. The Bertz CT molecular complexity index is 609. The molecule has 2 N–H and O–H groups in total. The molecule has 0 radical (unpaired) electrons. The highest BCUT2D eigenvalue weighted by Gasteiger charge is 2.10. The summed E-state index contributed by atoms with van der Waals surface area (Å²) in [6.07, 6.45) is 2.45. The highest BCUT2D eigenvalue weighted by molar-refractivity contribution is 5.81. The third-order valence-electron chi connectivity index (χ3n) is 2.02. The quantitative estimate of drug-likeness (QED) is 0.623. The van der Waals surface area contributed by atoms with Crippen LogP contribution in [0.25, 0.3) is 5.69 Å². The Labute approximate surface area is 99.8 Å². The van der Waals surface area contributed by atoms with Gasteiger partial charge in [-0.3, -0.25) is 15.4 Å². The number of rotatable bonds is 3. The lowest BCUT2D eigenvalue weighted by Gasteiger charge is -2.03. The maximum Gasteiger partial charge on any atom is 0.410 e. The summed E-state index contributed by atoms with van der Waals surface area (Å²) >= 11 is 0. The zero-order chi connectivity index (χ0) is 13.1. The van der Waals surface area contributed by atoms with Gasteiger partial charge in [0, 0.05) is 12.3 Å². The molecule has 0 aliphatic carbocycles. The highest BCUT2D eigenvalue weighted by atomic mass is 16.6. The predicted octanol–water partition coefficient (Wildman–Crippen LogP) is 1.27. The molecule has 0 saturated heterocycles. The van der Waals surface area contributed by atoms with Gasteiger partial charge < -0.3 is 5.11 Å². The van der Waals surface area contributed by atoms with Crippen LogP contribution in [0.2, 0.25) is 0 Å². The van der Waals surface area contributed by atoms with Gasteiger partial charge in [0.05, 0.1) is 10.6 Å². The summed E-state index contributed by atoms with van der Waals surface area (Å²) in [5, 5.41) is 24.9. The van der Waals surface area contributed by atoms with Crippen molar-refractivity contribution in [2.75, 3.05) is 5.32 Å². The van der Waals surface area contributed by atoms with E-state index in [4.69, 9.17) is 5.11 Å². The molecule has 0 aromatic carbocycles. The number of nitrogens with one attached hydrogen (secondary N) is 1. The van der Waals surface area contributed by atoms with Crippen LogP contribution in [0.15, 0.2) is 30.7 Å².